The maximum Gasteiger partial charge on any atom is 0.311 e. The summed E-state index contributed by atoms with van der Waals surface area (Å²) in [4.78, 5) is 24.3. The molecule has 7 heteroatoms. The van der Waals surface area contributed by atoms with Crippen LogP contribution >= 0.6 is 0 Å². The van der Waals surface area contributed by atoms with Crippen molar-refractivity contribution in [1.29, 1.82) is 5.26 Å². The summed E-state index contributed by atoms with van der Waals surface area (Å²) in [6.07, 6.45) is 0. The van der Waals surface area contributed by atoms with Gasteiger partial charge in [-0.15, -0.1) is 0 Å². The van der Waals surface area contributed by atoms with Crippen LogP contribution in [0.2, 0.25) is 0 Å². The van der Waals surface area contributed by atoms with Crippen LogP contribution < -0.4 is 4.74 Å². The van der Waals surface area contributed by atoms with Gasteiger partial charge < -0.3 is 9.64 Å². The number of carbonyl (C=O) groups excluding carboxylic acids is 1. The predicted molar refractivity (Wildman–Crippen MR) is 76.1 cm³/mol. The number of hydrogen-bond donors (Lipinski definition) is 0. The van der Waals surface area contributed by atoms with Crippen molar-refractivity contribution >= 4 is 11.6 Å². The van der Waals surface area contributed by atoms with E-state index in [0.717, 1.165) is 0 Å². The van der Waals surface area contributed by atoms with E-state index in [-0.39, 0.29) is 36.2 Å². The molecule has 0 heterocycles. The van der Waals surface area contributed by atoms with Crippen molar-refractivity contribution in [2.75, 3.05) is 13.2 Å². The summed E-state index contributed by atoms with van der Waals surface area (Å²) in [6.45, 7) is 5.33. The van der Waals surface area contributed by atoms with Gasteiger partial charge in [0.15, 0.2) is 0 Å². The molecule has 1 amide bonds. The van der Waals surface area contributed by atoms with Gasteiger partial charge in [0, 0.05) is 12.1 Å². The van der Waals surface area contributed by atoms with Gasteiger partial charge in [-0.2, -0.15) is 5.26 Å². The molecule has 0 fully saturated rings. The van der Waals surface area contributed by atoms with Gasteiger partial charge in [0.25, 0.3) is 5.91 Å². The van der Waals surface area contributed by atoms with Crippen LogP contribution in [0, 0.1) is 21.4 Å². The Labute approximate surface area is 122 Å². The summed E-state index contributed by atoms with van der Waals surface area (Å²) >= 11 is 0. The number of ether oxygens (including phenoxy) is 1. The number of benzene rings is 1. The second-order valence-electron chi connectivity index (χ2n) is 4.53. The zero-order valence-electron chi connectivity index (χ0n) is 12.2. The van der Waals surface area contributed by atoms with E-state index in [0.29, 0.717) is 0 Å². The van der Waals surface area contributed by atoms with Crippen molar-refractivity contribution in [3.05, 3.63) is 33.9 Å². The van der Waals surface area contributed by atoms with Crippen molar-refractivity contribution in [1.82, 2.24) is 4.90 Å². The first kappa shape index (κ1) is 16.4. The molecule has 0 saturated heterocycles. The van der Waals surface area contributed by atoms with E-state index in [1.807, 2.05) is 6.07 Å². The Hall–Kier alpha value is -2.62. The highest BCUT2D eigenvalue weighted by molar-refractivity contribution is 5.98. The molecule has 0 aromatic heterocycles. The van der Waals surface area contributed by atoms with Gasteiger partial charge >= 0.3 is 5.69 Å². The number of nitro benzene ring substituents is 1. The van der Waals surface area contributed by atoms with Crippen LogP contribution in [0.15, 0.2) is 18.2 Å². The first-order chi connectivity index (χ1) is 9.93. The number of nitrogens with zero attached hydrogens (tertiary/aromatic N) is 3. The molecule has 1 aromatic carbocycles. The number of carbonyl (C=O) groups is 1. The molecular weight excluding hydrogens is 274 g/mol. The summed E-state index contributed by atoms with van der Waals surface area (Å²) in [5, 5.41) is 19.9. The van der Waals surface area contributed by atoms with Crippen LogP contribution in [0.5, 0.6) is 5.75 Å². The third-order valence-corrected chi connectivity index (χ3v) is 2.84. The Balaban J connectivity index is 3.34. The van der Waals surface area contributed by atoms with Crippen LogP contribution in [0.25, 0.3) is 0 Å². The fourth-order valence-corrected chi connectivity index (χ4v) is 1.85. The molecule has 112 valence electrons. The highest BCUT2D eigenvalue weighted by Crippen LogP contribution is 2.32. The molecule has 0 radical (unpaired) electrons. The Kier molecular flexibility index (Phi) is 5.67. The maximum absolute atomic E-state index is 12.5. The highest BCUT2D eigenvalue weighted by Gasteiger charge is 2.27. The van der Waals surface area contributed by atoms with Gasteiger partial charge in [-0.05, 0) is 26.8 Å². The van der Waals surface area contributed by atoms with Gasteiger partial charge in [0.1, 0.15) is 6.54 Å². The zero-order chi connectivity index (χ0) is 16.0. The number of hydrogen-bond acceptors (Lipinski definition) is 5. The molecule has 21 heavy (non-hydrogen) atoms. The molecule has 1 aromatic rings. The van der Waals surface area contributed by atoms with Crippen molar-refractivity contribution in [2.45, 2.75) is 26.8 Å². The summed E-state index contributed by atoms with van der Waals surface area (Å²) in [5.41, 5.74) is -0.168. The van der Waals surface area contributed by atoms with Crippen LogP contribution in [0.3, 0.4) is 0 Å². The highest BCUT2D eigenvalue weighted by atomic mass is 16.6. The molecule has 0 N–H and O–H groups in total. The van der Waals surface area contributed by atoms with Gasteiger partial charge in [0.05, 0.1) is 23.2 Å². The predicted octanol–water partition coefficient (Wildman–Crippen LogP) is 2.37. The Morgan fingerprint density at radius 2 is 2.19 bits per heavy atom. The van der Waals surface area contributed by atoms with E-state index in [1.165, 1.54) is 23.1 Å². The zero-order valence-corrected chi connectivity index (χ0v) is 12.2. The lowest BCUT2D eigenvalue weighted by molar-refractivity contribution is -0.385. The minimum Gasteiger partial charge on any atom is -0.487 e. The van der Waals surface area contributed by atoms with Crippen molar-refractivity contribution in [2.24, 2.45) is 0 Å². The molecule has 0 saturated carbocycles. The monoisotopic (exact) mass is 291 g/mol. The van der Waals surface area contributed by atoms with Crippen molar-refractivity contribution < 1.29 is 14.5 Å². The van der Waals surface area contributed by atoms with Gasteiger partial charge in [-0.3, -0.25) is 14.9 Å². The lowest BCUT2D eigenvalue weighted by Crippen LogP contribution is -2.37. The van der Waals surface area contributed by atoms with E-state index in [1.54, 1.807) is 20.8 Å². The third kappa shape index (κ3) is 3.69. The molecule has 0 spiro atoms. The molecule has 0 aliphatic rings. The normalized spacial score (nSPS) is 10.0. The van der Waals surface area contributed by atoms with Crippen LogP contribution in [0.1, 0.15) is 31.1 Å². The molecule has 7 nitrogen and oxygen atoms in total. The first-order valence-electron chi connectivity index (χ1n) is 6.52. The second kappa shape index (κ2) is 7.24. The topological polar surface area (TPSA) is 96.5 Å². The minimum absolute atomic E-state index is 0.0569. The van der Waals surface area contributed by atoms with E-state index >= 15 is 0 Å². The van der Waals surface area contributed by atoms with E-state index in [2.05, 4.69) is 0 Å². The van der Waals surface area contributed by atoms with E-state index in [4.69, 9.17) is 10.00 Å². The van der Waals surface area contributed by atoms with E-state index < -0.39 is 10.8 Å². The van der Waals surface area contributed by atoms with Crippen LogP contribution in [-0.2, 0) is 0 Å². The van der Waals surface area contributed by atoms with E-state index in [9.17, 15) is 14.9 Å². The largest absolute Gasteiger partial charge is 0.487 e. The van der Waals surface area contributed by atoms with Crippen molar-refractivity contribution in [3.8, 4) is 11.8 Å². The van der Waals surface area contributed by atoms with Gasteiger partial charge in [0.2, 0.25) is 5.75 Å². The molecular formula is C14H17N3O4. The second-order valence-corrected chi connectivity index (χ2v) is 4.53. The minimum atomic E-state index is -0.591. The fourth-order valence-electron chi connectivity index (χ4n) is 1.85. The third-order valence-electron chi connectivity index (χ3n) is 2.84. The first-order valence-corrected chi connectivity index (χ1v) is 6.52. The number of rotatable bonds is 6. The van der Waals surface area contributed by atoms with Crippen LogP contribution in [-0.4, -0.2) is 34.9 Å². The summed E-state index contributed by atoms with van der Waals surface area (Å²) in [6, 6.07) is 5.89. The number of nitro groups is 1. The Bertz CT molecular complexity index is 578. The average Bonchev–Trinajstić information content (AvgIpc) is 2.44. The molecule has 0 atom stereocenters. The summed E-state index contributed by atoms with van der Waals surface area (Å²) in [7, 11) is 0. The maximum atomic E-state index is 12.5. The lowest BCUT2D eigenvalue weighted by Gasteiger charge is -2.24. The number of para-hydroxylation sites is 1. The fraction of sp³-hybridized carbons (Fsp3) is 0.429. The molecule has 0 bridgehead atoms. The SMILES string of the molecule is CCOc1c(C(=O)N(CC#N)C(C)C)cccc1[N+](=O)[O-]. The summed E-state index contributed by atoms with van der Waals surface area (Å²) in [5.74, 6) is -0.516. The summed E-state index contributed by atoms with van der Waals surface area (Å²) < 4.78 is 5.29. The quantitative estimate of drug-likeness (QED) is 0.455. The standard InChI is InChI=1S/C14H17N3O4/c1-4-21-13-11(6-5-7-12(13)17(19)20)14(18)16(9-8-15)10(2)3/h5-7,10H,4,9H2,1-3H3. The molecule has 1 rings (SSSR count). The van der Waals surface area contributed by atoms with Gasteiger partial charge in [-0.1, -0.05) is 6.07 Å². The average molecular weight is 291 g/mol. The number of nitriles is 1. The smallest absolute Gasteiger partial charge is 0.311 e. The Morgan fingerprint density at radius 1 is 1.52 bits per heavy atom. The van der Waals surface area contributed by atoms with Gasteiger partial charge in [-0.25, -0.2) is 0 Å². The molecule has 0 unspecified atom stereocenters. The Morgan fingerprint density at radius 3 is 2.67 bits per heavy atom. The van der Waals surface area contributed by atoms with Crippen molar-refractivity contribution in [3.63, 3.8) is 0 Å². The lowest BCUT2D eigenvalue weighted by atomic mass is 10.1. The van der Waals surface area contributed by atoms with Crippen LogP contribution in [0.4, 0.5) is 5.69 Å². The molecule has 0 aliphatic carbocycles. The molecule has 0 aliphatic heterocycles. The number of amides is 1.